The smallest absolute Gasteiger partial charge is 0.0872 e. The maximum atomic E-state index is 6.95. The first kappa shape index (κ1) is 32.1. The number of para-hydroxylation sites is 2. The lowest BCUT2D eigenvalue weighted by Gasteiger charge is -2.12. The van der Waals surface area contributed by atoms with Crippen LogP contribution in [-0.2, 0) is 0 Å². The van der Waals surface area contributed by atoms with Gasteiger partial charge < -0.3 is 15.0 Å². The van der Waals surface area contributed by atoms with Crippen molar-refractivity contribution in [2.75, 3.05) is 0 Å². The molecule has 3 N–H and O–H groups in total. The molecule has 0 unspecified atom stereocenters. The van der Waals surface area contributed by atoms with Crippen molar-refractivity contribution in [2.45, 2.75) is 0 Å². The molecule has 0 atom stereocenters. The van der Waals surface area contributed by atoms with E-state index in [-0.39, 0.29) is 0 Å². The molecule has 9 heteroatoms. The molecule has 5 aromatic heterocycles. The number of fused-ring (bicyclic) bond motifs is 11. The fourth-order valence-corrected chi connectivity index (χ4v) is 8.70. The second-order valence-corrected chi connectivity index (χ2v) is 14.5. The van der Waals surface area contributed by atoms with Crippen LogP contribution in [0.3, 0.4) is 0 Å². The second kappa shape index (κ2) is 12.5. The van der Waals surface area contributed by atoms with Gasteiger partial charge in [-0.1, -0.05) is 94.9 Å². The van der Waals surface area contributed by atoms with Gasteiger partial charge in [-0.2, -0.15) is 0 Å². The second-order valence-electron chi connectivity index (χ2n) is 12.9. The van der Waals surface area contributed by atoms with Crippen molar-refractivity contribution in [2.24, 2.45) is 0 Å². The van der Waals surface area contributed by atoms with Crippen LogP contribution in [0.15, 0.2) is 121 Å². The van der Waals surface area contributed by atoms with E-state index in [0.29, 0.717) is 31.2 Å². The predicted octanol–water partition coefficient (Wildman–Crippen LogP) is 14.0. The first-order valence-electron chi connectivity index (χ1n) is 16.9. The van der Waals surface area contributed by atoms with E-state index in [1.807, 2.05) is 84.9 Å². The summed E-state index contributed by atoms with van der Waals surface area (Å²) in [7, 11) is 0. The number of H-pyrrole nitrogens is 3. The van der Waals surface area contributed by atoms with Gasteiger partial charge in [-0.3, -0.25) is 0 Å². The molecule has 0 aliphatic carbocycles. The number of rotatable bonds is 3. The minimum atomic E-state index is 0.522. The average molecular weight is 766 g/mol. The molecule has 0 saturated carbocycles. The average Bonchev–Trinajstić information content (AvgIpc) is 4.00. The normalized spacial score (nSPS) is 12.1. The third kappa shape index (κ3) is 5.23. The summed E-state index contributed by atoms with van der Waals surface area (Å²) in [5.41, 5.74) is 13.3. The lowest BCUT2D eigenvalue weighted by molar-refractivity contribution is 1.32. The fraction of sp³-hybridized carbons (Fsp3) is 0. The van der Waals surface area contributed by atoms with Gasteiger partial charge in [0, 0.05) is 71.7 Å². The maximum absolute atomic E-state index is 6.95. The zero-order chi connectivity index (χ0) is 35.8. The van der Waals surface area contributed by atoms with Gasteiger partial charge in [0.1, 0.15) is 0 Å². The Morgan fingerprint density at radius 1 is 0.321 bits per heavy atom. The number of halogens is 4. The minimum absolute atomic E-state index is 0.522. The Balaban J connectivity index is 1.46. The first-order valence-corrected chi connectivity index (χ1v) is 18.4. The zero-order valence-corrected chi connectivity index (χ0v) is 30.6. The van der Waals surface area contributed by atoms with Crippen LogP contribution in [0.2, 0.25) is 20.1 Å². The van der Waals surface area contributed by atoms with Crippen molar-refractivity contribution in [3.05, 3.63) is 153 Å². The number of hydrogen-bond donors (Lipinski definition) is 3. The highest BCUT2D eigenvalue weighted by Crippen LogP contribution is 2.44. The van der Waals surface area contributed by atoms with Gasteiger partial charge in [-0.25, -0.2) is 9.97 Å². The summed E-state index contributed by atoms with van der Waals surface area (Å²) in [5.74, 6) is 0. The van der Waals surface area contributed by atoms with Gasteiger partial charge in [-0.05, 0) is 84.9 Å². The lowest BCUT2D eigenvalue weighted by atomic mass is 9.96. The third-order valence-corrected chi connectivity index (χ3v) is 11.1. The van der Waals surface area contributed by atoms with E-state index in [1.54, 1.807) is 0 Å². The Bertz CT molecular complexity index is 3040. The van der Waals surface area contributed by atoms with Crippen LogP contribution >= 0.6 is 46.4 Å². The summed E-state index contributed by atoms with van der Waals surface area (Å²) in [6.45, 7) is 0. The van der Waals surface area contributed by atoms with Crippen LogP contribution in [0.1, 0.15) is 11.4 Å². The Morgan fingerprint density at radius 2 is 0.717 bits per heavy atom. The van der Waals surface area contributed by atoms with Crippen LogP contribution in [0, 0.1) is 0 Å². The largest absolute Gasteiger partial charge is 0.354 e. The minimum Gasteiger partial charge on any atom is -0.354 e. The summed E-state index contributed by atoms with van der Waals surface area (Å²) in [6.07, 6.45) is 3.99. The number of nitrogens with zero attached hydrogens (tertiary/aromatic N) is 2. The van der Waals surface area contributed by atoms with Gasteiger partial charge in [-0.15, -0.1) is 0 Å². The number of benzene rings is 4. The predicted molar refractivity (Wildman–Crippen MR) is 224 cm³/mol. The first-order chi connectivity index (χ1) is 25.9. The van der Waals surface area contributed by atoms with Crippen molar-refractivity contribution in [1.29, 1.82) is 0 Å². The van der Waals surface area contributed by atoms with E-state index in [0.717, 1.165) is 88.5 Å². The molecule has 4 aromatic carbocycles. The van der Waals surface area contributed by atoms with Crippen molar-refractivity contribution in [3.8, 4) is 33.4 Å². The molecule has 0 amide bonds. The summed E-state index contributed by atoms with van der Waals surface area (Å²) >= 11 is 27.8. The molecule has 254 valence electrons. The number of hydrogen-bond acceptors (Lipinski definition) is 2. The van der Waals surface area contributed by atoms with Gasteiger partial charge in [0.05, 0.1) is 48.0 Å². The van der Waals surface area contributed by atoms with Gasteiger partial charge in [0.2, 0.25) is 0 Å². The lowest BCUT2D eigenvalue weighted by Crippen LogP contribution is -1.91. The number of aromatic nitrogens is 5. The van der Waals surface area contributed by atoms with Crippen LogP contribution < -0.4 is 0 Å². The van der Waals surface area contributed by atoms with Gasteiger partial charge in [0.25, 0.3) is 0 Å². The molecular formula is C44H25Cl4N5. The highest BCUT2D eigenvalue weighted by molar-refractivity contribution is 6.40. The Labute approximate surface area is 322 Å². The Morgan fingerprint density at radius 3 is 1.25 bits per heavy atom. The number of pyridine rings is 1. The highest BCUT2D eigenvalue weighted by Gasteiger charge is 2.21. The molecule has 10 rings (SSSR count). The molecule has 0 fully saturated rings. The van der Waals surface area contributed by atoms with Crippen molar-refractivity contribution < 1.29 is 0 Å². The maximum Gasteiger partial charge on any atom is 0.0872 e. The number of aromatic amines is 3. The van der Waals surface area contributed by atoms with Crippen molar-refractivity contribution >= 4 is 113 Å². The van der Waals surface area contributed by atoms with Crippen LogP contribution in [0.5, 0.6) is 0 Å². The van der Waals surface area contributed by atoms with E-state index in [9.17, 15) is 0 Å². The molecule has 9 aromatic rings. The van der Waals surface area contributed by atoms with Crippen LogP contribution in [-0.4, -0.2) is 24.9 Å². The fourth-order valence-electron chi connectivity index (χ4n) is 7.53. The standard InChI is InChI=1S/C44H25Cl4N5/c45-25-9-5-10-26(46)40(25)43-35-17-15-31(50-35)32-16-18-36(51-32)44(41-27(47)11-6-12-28(41)48)38-22-20-34(53-38)42(33-19-21-37(43)52-33)39-23-7-1-3-13-29(23)49-30-14-4-2-8-24(30)39/h1-22,50,52-53H. The SMILES string of the molecule is Clc1cccc(Cl)c1-c1c2nc(c3ccc([nH]3)c(-c3c(Cl)cccc3Cl)c3ccc([nH]3)c(-c3c4ccccc4nc4ccccc34)c3ccc1[nH]3)C=C2. The molecule has 8 bridgehead atoms. The topological polar surface area (TPSA) is 73.2 Å². The quantitative estimate of drug-likeness (QED) is 0.157. The third-order valence-electron chi connectivity index (χ3n) is 9.84. The molecule has 0 spiro atoms. The van der Waals surface area contributed by atoms with Crippen molar-refractivity contribution in [3.63, 3.8) is 0 Å². The Hall–Kier alpha value is -5.56. The van der Waals surface area contributed by atoms with E-state index >= 15 is 0 Å². The molecule has 5 nitrogen and oxygen atoms in total. The van der Waals surface area contributed by atoms with E-state index < -0.39 is 0 Å². The molecule has 1 aliphatic rings. The molecule has 0 radical (unpaired) electrons. The monoisotopic (exact) mass is 763 g/mol. The van der Waals surface area contributed by atoms with Crippen molar-refractivity contribution in [1.82, 2.24) is 24.9 Å². The molecule has 0 saturated heterocycles. The Kier molecular flexibility index (Phi) is 7.60. The highest BCUT2D eigenvalue weighted by atomic mass is 35.5. The zero-order valence-electron chi connectivity index (χ0n) is 27.6. The number of nitrogens with one attached hydrogen (secondary N) is 3. The summed E-state index contributed by atoms with van der Waals surface area (Å²) in [6, 6.07) is 40.0. The summed E-state index contributed by atoms with van der Waals surface area (Å²) in [4.78, 5) is 21.4. The van der Waals surface area contributed by atoms with Crippen LogP contribution in [0.4, 0.5) is 0 Å². The van der Waals surface area contributed by atoms with Crippen LogP contribution in [0.25, 0.3) is 100 Å². The van der Waals surface area contributed by atoms with Gasteiger partial charge in [0.15, 0.2) is 0 Å². The summed E-state index contributed by atoms with van der Waals surface area (Å²) < 4.78 is 0. The van der Waals surface area contributed by atoms with E-state index in [2.05, 4.69) is 63.5 Å². The van der Waals surface area contributed by atoms with Gasteiger partial charge >= 0.3 is 0 Å². The van der Waals surface area contributed by atoms with E-state index in [1.165, 1.54) is 0 Å². The molecule has 1 aliphatic heterocycles. The summed E-state index contributed by atoms with van der Waals surface area (Å²) in [5, 5.41) is 4.14. The molecule has 53 heavy (non-hydrogen) atoms. The van der Waals surface area contributed by atoms with E-state index in [4.69, 9.17) is 56.4 Å². The molecular weight excluding hydrogens is 740 g/mol. The molecule has 6 heterocycles.